The van der Waals surface area contributed by atoms with E-state index in [0.717, 1.165) is 28.9 Å². The van der Waals surface area contributed by atoms with Gasteiger partial charge in [-0.3, -0.25) is 4.99 Å². The van der Waals surface area contributed by atoms with Crippen LogP contribution in [-0.4, -0.2) is 21.4 Å². The molecule has 0 atom stereocenters. The molecule has 4 heteroatoms. The molecule has 1 aromatic heterocycles. The molecular formula is C18H14N4. The first kappa shape index (κ1) is 12.8. The predicted octanol–water partition coefficient (Wildman–Crippen LogP) is 3.06. The Morgan fingerprint density at radius 3 is 2.68 bits per heavy atom. The highest BCUT2D eigenvalue weighted by Gasteiger charge is 2.21. The third-order valence-electron chi connectivity index (χ3n) is 3.71. The lowest BCUT2D eigenvalue weighted by molar-refractivity contribution is 0.819. The third kappa shape index (κ3) is 2.39. The first-order chi connectivity index (χ1) is 10.9. The zero-order valence-corrected chi connectivity index (χ0v) is 12.0. The van der Waals surface area contributed by atoms with Gasteiger partial charge in [0.2, 0.25) is 0 Å². The van der Waals surface area contributed by atoms with Crippen molar-refractivity contribution in [1.29, 1.82) is 0 Å². The van der Waals surface area contributed by atoms with Crippen LogP contribution in [0.1, 0.15) is 22.6 Å². The Morgan fingerprint density at radius 2 is 1.77 bits per heavy atom. The minimum absolute atomic E-state index is 0.450. The second kappa shape index (κ2) is 5.48. The van der Waals surface area contributed by atoms with E-state index in [1.54, 1.807) is 0 Å². The predicted molar refractivity (Wildman–Crippen MR) is 85.8 cm³/mol. The fourth-order valence-corrected chi connectivity index (χ4v) is 2.65. The van der Waals surface area contributed by atoms with E-state index in [1.165, 1.54) is 5.56 Å². The van der Waals surface area contributed by atoms with Crippen molar-refractivity contribution in [2.24, 2.45) is 4.99 Å². The van der Waals surface area contributed by atoms with Crippen LogP contribution in [0.2, 0.25) is 0 Å². The lowest BCUT2D eigenvalue weighted by atomic mass is 10.1. The van der Waals surface area contributed by atoms with E-state index in [2.05, 4.69) is 32.3 Å². The van der Waals surface area contributed by atoms with E-state index in [0.29, 0.717) is 12.4 Å². The summed E-state index contributed by atoms with van der Waals surface area (Å²) in [6.45, 7) is 0.450. The molecule has 1 aliphatic carbocycles. The number of aliphatic imine (C=N–C) groups is 1. The molecule has 1 heterocycles. The van der Waals surface area contributed by atoms with Gasteiger partial charge in [-0.2, -0.15) is 0 Å². The quantitative estimate of drug-likeness (QED) is 0.544. The molecule has 0 aliphatic heterocycles. The van der Waals surface area contributed by atoms with Gasteiger partial charge in [-0.05, 0) is 11.1 Å². The number of fused-ring (bicyclic) bond motifs is 3. The molecule has 0 unspecified atom stereocenters. The van der Waals surface area contributed by atoms with Gasteiger partial charge in [-0.15, -0.1) is 10.2 Å². The van der Waals surface area contributed by atoms with Crippen LogP contribution >= 0.6 is 0 Å². The van der Waals surface area contributed by atoms with Crippen LogP contribution in [0.25, 0.3) is 11.3 Å². The molecule has 0 bridgehead atoms. The highest BCUT2D eigenvalue weighted by Crippen LogP contribution is 2.32. The maximum Gasteiger partial charge on any atom is 0.172 e. The Kier molecular flexibility index (Phi) is 3.20. The van der Waals surface area contributed by atoms with Crippen molar-refractivity contribution in [1.82, 2.24) is 15.2 Å². The Hall–Kier alpha value is -2.88. The summed E-state index contributed by atoms with van der Waals surface area (Å²) < 4.78 is 0. The van der Waals surface area contributed by atoms with Crippen molar-refractivity contribution >= 4 is 6.21 Å². The Labute approximate surface area is 128 Å². The summed E-state index contributed by atoms with van der Waals surface area (Å²) >= 11 is 0. The largest absolute Gasteiger partial charge is 0.284 e. The molecule has 2 aromatic carbocycles. The summed E-state index contributed by atoms with van der Waals surface area (Å²) in [6.07, 6.45) is 2.67. The van der Waals surface area contributed by atoms with Crippen molar-refractivity contribution in [3.8, 4) is 11.3 Å². The maximum absolute atomic E-state index is 4.61. The molecular weight excluding hydrogens is 272 g/mol. The Morgan fingerprint density at radius 1 is 0.955 bits per heavy atom. The van der Waals surface area contributed by atoms with Gasteiger partial charge in [0.15, 0.2) is 5.82 Å². The lowest BCUT2D eigenvalue weighted by Crippen LogP contribution is -2.01. The van der Waals surface area contributed by atoms with E-state index >= 15 is 0 Å². The minimum atomic E-state index is 0.450. The Bertz CT molecular complexity index is 841. The maximum atomic E-state index is 4.61. The van der Waals surface area contributed by atoms with E-state index in [-0.39, 0.29) is 0 Å². The van der Waals surface area contributed by atoms with Crippen molar-refractivity contribution in [3.05, 3.63) is 77.2 Å². The first-order valence-electron chi connectivity index (χ1n) is 7.26. The molecule has 22 heavy (non-hydrogen) atoms. The van der Waals surface area contributed by atoms with Crippen LogP contribution in [0.5, 0.6) is 0 Å². The van der Waals surface area contributed by atoms with Crippen molar-refractivity contribution in [2.75, 3.05) is 0 Å². The summed E-state index contributed by atoms with van der Waals surface area (Å²) in [6, 6.07) is 18.3. The molecule has 4 nitrogen and oxygen atoms in total. The van der Waals surface area contributed by atoms with E-state index in [4.69, 9.17) is 0 Å². The third-order valence-corrected chi connectivity index (χ3v) is 3.71. The summed E-state index contributed by atoms with van der Waals surface area (Å²) in [5.74, 6) is 0.665. The molecule has 0 saturated carbocycles. The molecule has 0 saturated heterocycles. The SMILES string of the molecule is C(=NCc1nnc2c(n1)Cc1ccccc1-2)c1ccccc1. The van der Waals surface area contributed by atoms with Gasteiger partial charge in [0, 0.05) is 18.2 Å². The zero-order chi connectivity index (χ0) is 14.8. The second-order valence-corrected chi connectivity index (χ2v) is 5.24. The minimum Gasteiger partial charge on any atom is -0.284 e. The zero-order valence-electron chi connectivity index (χ0n) is 12.0. The molecule has 1 aliphatic rings. The van der Waals surface area contributed by atoms with Gasteiger partial charge in [0.05, 0.1) is 5.69 Å². The number of nitrogens with zero attached hydrogens (tertiary/aromatic N) is 4. The standard InChI is InChI=1S/C18H14N4/c1-2-6-13(7-3-1)11-19-12-17-20-16-10-14-8-4-5-9-15(14)18(16)22-21-17/h1-9,11H,10,12H2. The summed E-state index contributed by atoms with van der Waals surface area (Å²) in [7, 11) is 0. The highest BCUT2D eigenvalue weighted by molar-refractivity contribution is 5.79. The smallest absolute Gasteiger partial charge is 0.172 e. The summed E-state index contributed by atoms with van der Waals surface area (Å²) in [4.78, 5) is 9.01. The van der Waals surface area contributed by atoms with Crippen LogP contribution in [0.15, 0.2) is 59.6 Å². The fourth-order valence-electron chi connectivity index (χ4n) is 2.65. The van der Waals surface area contributed by atoms with Gasteiger partial charge >= 0.3 is 0 Å². The van der Waals surface area contributed by atoms with Gasteiger partial charge in [-0.1, -0.05) is 54.6 Å². The highest BCUT2D eigenvalue weighted by atomic mass is 15.2. The average molecular weight is 286 g/mol. The van der Waals surface area contributed by atoms with Crippen LogP contribution in [0, 0.1) is 0 Å². The van der Waals surface area contributed by atoms with Crippen LogP contribution in [0.3, 0.4) is 0 Å². The normalized spacial score (nSPS) is 12.4. The van der Waals surface area contributed by atoms with E-state index < -0.39 is 0 Å². The molecule has 106 valence electrons. The van der Waals surface area contributed by atoms with Gasteiger partial charge in [0.25, 0.3) is 0 Å². The number of aromatic nitrogens is 3. The average Bonchev–Trinajstić information content (AvgIpc) is 2.93. The van der Waals surface area contributed by atoms with Crippen LogP contribution in [0.4, 0.5) is 0 Å². The Balaban J connectivity index is 1.54. The van der Waals surface area contributed by atoms with Crippen LogP contribution in [-0.2, 0) is 13.0 Å². The van der Waals surface area contributed by atoms with E-state index in [1.807, 2.05) is 48.7 Å². The van der Waals surface area contributed by atoms with Crippen molar-refractivity contribution < 1.29 is 0 Å². The first-order valence-corrected chi connectivity index (χ1v) is 7.26. The van der Waals surface area contributed by atoms with Crippen molar-refractivity contribution in [3.63, 3.8) is 0 Å². The topological polar surface area (TPSA) is 51.0 Å². The molecule has 0 spiro atoms. The van der Waals surface area contributed by atoms with Gasteiger partial charge < -0.3 is 0 Å². The molecule has 3 aromatic rings. The van der Waals surface area contributed by atoms with Gasteiger partial charge in [0.1, 0.15) is 12.2 Å². The summed E-state index contributed by atoms with van der Waals surface area (Å²) in [5, 5.41) is 8.55. The second-order valence-electron chi connectivity index (χ2n) is 5.24. The monoisotopic (exact) mass is 286 g/mol. The molecule has 0 N–H and O–H groups in total. The number of rotatable bonds is 3. The fraction of sp³-hybridized carbons (Fsp3) is 0.111. The molecule has 0 radical (unpaired) electrons. The number of hydrogen-bond acceptors (Lipinski definition) is 4. The summed E-state index contributed by atoms with van der Waals surface area (Å²) in [5.41, 5.74) is 5.40. The lowest BCUT2D eigenvalue weighted by Gasteiger charge is -1.99. The van der Waals surface area contributed by atoms with Crippen molar-refractivity contribution in [2.45, 2.75) is 13.0 Å². The van der Waals surface area contributed by atoms with Gasteiger partial charge in [-0.25, -0.2) is 4.98 Å². The van der Waals surface area contributed by atoms with E-state index in [9.17, 15) is 0 Å². The molecule has 0 fully saturated rings. The molecule has 4 rings (SSSR count). The van der Waals surface area contributed by atoms with Crippen LogP contribution < -0.4 is 0 Å². The number of benzene rings is 2. The number of hydrogen-bond donors (Lipinski definition) is 0. The molecule has 0 amide bonds.